The van der Waals surface area contributed by atoms with Crippen molar-refractivity contribution in [3.8, 4) is 11.5 Å². The highest BCUT2D eigenvalue weighted by Crippen LogP contribution is 2.31. The van der Waals surface area contributed by atoms with Crippen LogP contribution in [-0.2, 0) is 11.2 Å². The number of likely N-dealkylation sites (N-methyl/N-ethyl adjacent to an activating group) is 1. The minimum atomic E-state index is -0.0712. The van der Waals surface area contributed by atoms with E-state index in [-0.39, 0.29) is 18.1 Å². The molecular weight excluding hydrogens is 352 g/mol. The van der Waals surface area contributed by atoms with Crippen LogP contribution in [0.2, 0.25) is 0 Å². The van der Waals surface area contributed by atoms with Gasteiger partial charge in [-0.25, -0.2) is 0 Å². The third-order valence-electron chi connectivity index (χ3n) is 5.55. The summed E-state index contributed by atoms with van der Waals surface area (Å²) in [5, 5.41) is 3.24. The summed E-state index contributed by atoms with van der Waals surface area (Å²) in [6, 6.07) is 16.3. The first-order valence-corrected chi connectivity index (χ1v) is 10.2. The molecule has 5 nitrogen and oxygen atoms in total. The van der Waals surface area contributed by atoms with Gasteiger partial charge in [0.2, 0.25) is 5.91 Å². The lowest BCUT2D eigenvalue weighted by Crippen LogP contribution is -2.45. The number of hydrogen-bond donors (Lipinski definition) is 1. The lowest BCUT2D eigenvalue weighted by Gasteiger charge is -2.31. The Hall–Kier alpha value is -2.53. The monoisotopic (exact) mass is 380 g/mol. The molecule has 2 aliphatic rings. The van der Waals surface area contributed by atoms with E-state index in [1.54, 1.807) is 0 Å². The van der Waals surface area contributed by atoms with Crippen molar-refractivity contribution in [2.24, 2.45) is 0 Å². The fourth-order valence-electron chi connectivity index (χ4n) is 4.09. The first kappa shape index (κ1) is 18.8. The van der Waals surface area contributed by atoms with Crippen LogP contribution in [0.4, 0.5) is 0 Å². The Morgan fingerprint density at radius 2 is 1.93 bits per heavy atom. The van der Waals surface area contributed by atoms with E-state index in [0.29, 0.717) is 19.7 Å². The minimum absolute atomic E-state index is 0.0701. The van der Waals surface area contributed by atoms with Crippen LogP contribution in [0.5, 0.6) is 11.5 Å². The van der Waals surface area contributed by atoms with Gasteiger partial charge in [-0.15, -0.1) is 0 Å². The summed E-state index contributed by atoms with van der Waals surface area (Å²) in [5.74, 6) is 1.63. The first-order chi connectivity index (χ1) is 13.7. The number of rotatable bonds is 6. The van der Waals surface area contributed by atoms with Crippen LogP contribution < -0.4 is 14.8 Å². The molecule has 28 heavy (non-hydrogen) atoms. The second kappa shape index (κ2) is 8.65. The lowest BCUT2D eigenvalue weighted by atomic mass is 9.88. The second-order valence-corrected chi connectivity index (χ2v) is 7.54. The molecule has 0 spiro atoms. The Morgan fingerprint density at radius 1 is 1.14 bits per heavy atom. The van der Waals surface area contributed by atoms with Crippen molar-refractivity contribution in [3.05, 3.63) is 59.7 Å². The van der Waals surface area contributed by atoms with Crippen LogP contribution in [-0.4, -0.2) is 43.2 Å². The molecule has 2 atom stereocenters. The largest absolute Gasteiger partial charge is 0.486 e. The summed E-state index contributed by atoms with van der Waals surface area (Å²) < 4.78 is 11.8. The van der Waals surface area contributed by atoms with E-state index >= 15 is 0 Å². The summed E-state index contributed by atoms with van der Waals surface area (Å²) in [7, 11) is 0. The van der Waals surface area contributed by atoms with Crippen LogP contribution in [0.3, 0.4) is 0 Å². The number of fused-ring (bicyclic) bond motifs is 2. The molecule has 148 valence electrons. The maximum Gasteiger partial charge on any atom is 0.234 e. The van der Waals surface area contributed by atoms with E-state index in [2.05, 4.69) is 41.4 Å². The molecule has 0 saturated heterocycles. The number of amides is 1. The van der Waals surface area contributed by atoms with Crippen molar-refractivity contribution in [2.45, 2.75) is 38.3 Å². The maximum absolute atomic E-state index is 12.7. The fraction of sp³-hybridized carbons (Fsp3) is 0.435. The molecule has 1 N–H and O–H groups in total. The van der Waals surface area contributed by atoms with Crippen LogP contribution >= 0.6 is 0 Å². The zero-order valence-electron chi connectivity index (χ0n) is 16.4. The van der Waals surface area contributed by atoms with Crippen molar-refractivity contribution in [2.75, 3.05) is 26.2 Å². The van der Waals surface area contributed by atoms with E-state index in [0.717, 1.165) is 37.3 Å². The molecule has 0 radical (unpaired) electrons. The van der Waals surface area contributed by atoms with Gasteiger partial charge < -0.3 is 14.8 Å². The van der Waals surface area contributed by atoms with Crippen LogP contribution in [0, 0.1) is 0 Å². The Labute approximate surface area is 166 Å². The number of hydrogen-bond acceptors (Lipinski definition) is 4. The topological polar surface area (TPSA) is 50.8 Å². The van der Waals surface area contributed by atoms with E-state index < -0.39 is 0 Å². The van der Waals surface area contributed by atoms with E-state index in [9.17, 15) is 4.79 Å². The van der Waals surface area contributed by atoms with Gasteiger partial charge in [0.15, 0.2) is 11.5 Å². The lowest BCUT2D eigenvalue weighted by molar-refractivity contribution is -0.123. The normalized spacial score (nSPS) is 20.5. The van der Waals surface area contributed by atoms with Gasteiger partial charge in [0.1, 0.15) is 12.7 Å². The molecule has 0 unspecified atom stereocenters. The Morgan fingerprint density at radius 3 is 2.79 bits per heavy atom. The third-order valence-corrected chi connectivity index (χ3v) is 5.55. The highest BCUT2D eigenvalue weighted by molar-refractivity contribution is 5.78. The molecule has 5 heteroatoms. The smallest absolute Gasteiger partial charge is 0.234 e. The number of nitrogens with zero attached hydrogens (tertiary/aromatic N) is 1. The number of benzene rings is 2. The number of aryl methyl sites for hydroxylation is 1. The van der Waals surface area contributed by atoms with Crippen molar-refractivity contribution in [1.29, 1.82) is 0 Å². The number of carbonyl (C=O) groups is 1. The third kappa shape index (κ3) is 4.30. The van der Waals surface area contributed by atoms with Crippen molar-refractivity contribution < 1.29 is 14.3 Å². The summed E-state index contributed by atoms with van der Waals surface area (Å²) in [4.78, 5) is 14.8. The van der Waals surface area contributed by atoms with Gasteiger partial charge in [0, 0.05) is 6.54 Å². The number of para-hydroxylation sites is 2. The van der Waals surface area contributed by atoms with Gasteiger partial charge in [-0.05, 0) is 49.1 Å². The van der Waals surface area contributed by atoms with Gasteiger partial charge >= 0.3 is 0 Å². The minimum Gasteiger partial charge on any atom is -0.486 e. The van der Waals surface area contributed by atoms with Crippen LogP contribution in [0.15, 0.2) is 48.5 Å². The summed E-state index contributed by atoms with van der Waals surface area (Å²) in [6.07, 6.45) is 3.15. The van der Waals surface area contributed by atoms with Crippen LogP contribution in [0.1, 0.15) is 36.9 Å². The predicted molar refractivity (Wildman–Crippen MR) is 109 cm³/mol. The SMILES string of the molecule is CCN(CC(=O)N[C@H]1CCCc2ccccc21)C[C@@H]1COc2ccccc2O1. The van der Waals surface area contributed by atoms with Gasteiger partial charge in [0.05, 0.1) is 12.6 Å². The number of carbonyl (C=O) groups excluding carboxylic acids is 1. The van der Waals surface area contributed by atoms with Gasteiger partial charge in [-0.3, -0.25) is 9.69 Å². The highest BCUT2D eigenvalue weighted by atomic mass is 16.6. The number of nitrogens with one attached hydrogen (secondary N) is 1. The van der Waals surface area contributed by atoms with Crippen molar-refractivity contribution in [1.82, 2.24) is 10.2 Å². The van der Waals surface area contributed by atoms with Gasteiger partial charge in [-0.2, -0.15) is 0 Å². The van der Waals surface area contributed by atoms with Crippen LogP contribution in [0.25, 0.3) is 0 Å². The molecule has 4 rings (SSSR count). The molecular formula is C23H28N2O3. The highest BCUT2D eigenvalue weighted by Gasteiger charge is 2.25. The van der Waals surface area contributed by atoms with Crippen molar-refractivity contribution >= 4 is 5.91 Å². The molecule has 2 aromatic carbocycles. The summed E-state index contributed by atoms with van der Waals surface area (Å²) in [6.45, 7) is 4.40. The number of ether oxygens (including phenoxy) is 2. The van der Waals surface area contributed by atoms with Gasteiger partial charge in [-0.1, -0.05) is 43.3 Å². The molecule has 0 bridgehead atoms. The quantitative estimate of drug-likeness (QED) is 0.835. The molecule has 1 heterocycles. The van der Waals surface area contributed by atoms with Crippen molar-refractivity contribution in [3.63, 3.8) is 0 Å². The Kier molecular flexibility index (Phi) is 5.81. The average Bonchev–Trinajstić information content (AvgIpc) is 2.73. The molecule has 0 saturated carbocycles. The first-order valence-electron chi connectivity index (χ1n) is 10.2. The fourth-order valence-corrected chi connectivity index (χ4v) is 4.09. The zero-order valence-corrected chi connectivity index (χ0v) is 16.4. The molecule has 2 aromatic rings. The summed E-state index contributed by atoms with van der Waals surface area (Å²) >= 11 is 0. The summed E-state index contributed by atoms with van der Waals surface area (Å²) in [5.41, 5.74) is 2.63. The molecule has 0 aromatic heterocycles. The standard InChI is InChI=1S/C23H28N2O3/c1-2-25(14-18-16-27-21-12-5-6-13-22(21)28-18)15-23(26)24-20-11-7-9-17-8-3-4-10-19(17)20/h3-6,8,10,12-13,18,20H,2,7,9,11,14-16H2,1H3,(H,24,26)/t18-,20+/m1/s1. The molecule has 1 aliphatic heterocycles. The molecule has 1 amide bonds. The molecule has 0 fully saturated rings. The van der Waals surface area contributed by atoms with Gasteiger partial charge in [0.25, 0.3) is 0 Å². The Balaban J connectivity index is 1.32. The second-order valence-electron chi connectivity index (χ2n) is 7.54. The van der Waals surface area contributed by atoms with E-state index in [1.165, 1.54) is 11.1 Å². The predicted octanol–water partition coefficient (Wildman–Crippen LogP) is 3.34. The zero-order chi connectivity index (χ0) is 19.3. The maximum atomic E-state index is 12.7. The average molecular weight is 380 g/mol. The van der Waals surface area contributed by atoms with E-state index in [1.807, 2.05) is 24.3 Å². The molecule has 1 aliphatic carbocycles. The van der Waals surface area contributed by atoms with E-state index in [4.69, 9.17) is 9.47 Å². The Bertz CT molecular complexity index is 823.